The third-order valence-electron chi connectivity index (χ3n) is 2.59. The van der Waals surface area contributed by atoms with Crippen LogP contribution in [0, 0.1) is 5.82 Å². The van der Waals surface area contributed by atoms with Gasteiger partial charge in [0.05, 0.1) is 26.3 Å². The predicted octanol–water partition coefficient (Wildman–Crippen LogP) is 2.33. The number of halogens is 1. The van der Waals surface area contributed by atoms with E-state index in [1.165, 1.54) is 26.4 Å². The van der Waals surface area contributed by atoms with E-state index in [4.69, 9.17) is 4.74 Å². The van der Waals surface area contributed by atoms with Gasteiger partial charge in [0.2, 0.25) is 5.91 Å². The van der Waals surface area contributed by atoms with Crippen LogP contribution in [0.15, 0.2) is 24.8 Å². The van der Waals surface area contributed by atoms with E-state index in [0.29, 0.717) is 11.3 Å². The second-order valence-electron chi connectivity index (χ2n) is 3.94. The Balaban J connectivity index is 2.80. The van der Waals surface area contributed by atoms with Gasteiger partial charge in [-0.05, 0) is 18.2 Å². The fourth-order valence-corrected chi connectivity index (χ4v) is 1.50. The Morgan fingerprint density at radius 1 is 1.25 bits per heavy atom. The molecule has 108 valence electrons. The number of benzene rings is 1. The molecule has 0 aromatic heterocycles. The average Bonchev–Trinajstić information content (AvgIpc) is 2.44. The molecular weight excluding hydrogens is 265 g/mol. The van der Waals surface area contributed by atoms with Crippen molar-refractivity contribution >= 4 is 23.3 Å². The molecule has 0 saturated carbocycles. The second-order valence-corrected chi connectivity index (χ2v) is 3.94. The number of hydrogen-bond donors (Lipinski definition) is 1. The van der Waals surface area contributed by atoms with E-state index in [1.54, 1.807) is 0 Å². The average molecular weight is 281 g/mol. The van der Waals surface area contributed by atoms with Crippen molar-refractivity contribution in [3.05, 3.63) is 36.2 Å². The standard InChI is InChI=1S/C14H16FNO4/c1-9(19-2)11-5-4-10(15)8-12(11)16-13(17)6-7-14(18)20-3/h4-5,8H,1,6-7H2,2-3H3,(H,16,17). The zero-order chi connectivity index (χ0) is 15.1. The third kappa shape index (κ3) is 4.38. The van der Waals surface area contributed by atoms with Gasteiger partial charge in [0, 0.05) is 12.0 Å². The highest BCUT2D eigenvalue weighted by Crippen LogP contribution is 2.24. The zero-order valence-electron chi connectivity index (χ0n) is 11.4. The van der Waals surface area contributed by atoms with E-state index in [2.05, 4.69) is 16.6 Å². The first-order valence-corrected chi connectivity index (χ1v) is 5.87. The maximum atomic E-state index is 13.2. The molecular formula is C14H16FNO4. The van der Waals surface area contributed by atoms with Gasteiger partial charge >= 0.3 is 5.97 Å². The van der Waals surface area contributed by atoms with Crippen molar-refractivity contribution in [3.8, 4) is 0 Å². The van der Waals surface area contributed by atoms with E-state index in [1.807, 2.05) is 0 Å². The molecule has 1 aromatic carbocycles. The largest absolute Gasteiger partial charge is 0.497 e. The highest BCUT2D eigenvalue weighted by molar-refractivity contribution is 5.95. The summed E-state index contributed by atoms with van der Waals surface area (Å²) in [6, 6.07) is 3.86. The highest BCUT2D eigenvalue weighted by atomic mass is 19.1. The van der Waals surface area contributed by atoms with Crippen molar-refractivity contribution in [1.82, 2.24) is 0 Å². The summed E-state index contributed by atoms with van der Waals surface area (Å²) >= 11 is 0. The van der Waals surface area contributed by atoms with Gasteiger partial charge in [-0.3, -0.25) is 9.59 Å². The van der Waals surface area contributed by atoms with Crippen LogP contribution < -0.4 is 5.32 Å². The van der Waals surface area contributed by atoms with E-state index < -0.39 is 17.7 Å². The number of esters is 1. The van der Waals surface area contributed by atoms with Gasteiger partial charge in [-0.1, -0.05) is 6.58 Å². The van der Waals surface area contributed by atoms with Gasteiger partial charge < -0.3 is 14.8 Å². The van der Waals surface area contributed by atoms with E-state index >= 15 is 0 Å². The molecule has 0 fully saturated rings. The molecule has 0 aliphatic rings. The number of anilines is 1. The lowest BCUT2D eigenvalue weighted by atomic mass is 10.1. The minimum absolute atomic E-state index is 0.0434. The predicted molar refractivity (Wildman–Crippen MR) is 72.3 cm³/mol. The Morgan fingerprint density at radius 3 is 2.55 bits per heavy atom. The lowest BCUT2D eigenvalue weighted by molar-refractivity contribution is -0.141. The molecule has 1 aromatic rings. The normalized spacial score (nSPS) is 9.75. The number of nitrogens with one attached hydrogen (secondary N) is 1. The van der Waals surface area contributed by atoms with Crippen molar-refractivity contribution < 1.29 is 23.5 Å². The quantitative estimate of drug-likeness (QED) is 0.642. The third-order valence-corrected chi connectivity index (χ3v) is 2.59. The molecule has 0 aliphatic heterocycles. The van der Waals surface area contributed by atoms with E-state index in [-0.39, 0.29) is 18.5 Å². The van der Waals surface area contributed by atoms with Crippen LogP contribution in [0.4, 0.5) is 10.1 Å². The summed E-state index contributed by atoms with van der Waals surface area (Å²) in [7, 11) is 2.67. The van der Waals surface area contributed by atoms with Crippen LogP contribution in [0.1, 0.15) is 18.4 Å². The Labute approximate surface area is 116 Å². The maximum absolute atomic E-state index is 13.2. The SMILES string of the molecule is C=C(OC)c1ccc(F)cc1NC(=O)CCC(=O)OC. The molecule has 6 heteroatoms. The van der Waals surface area contributed by atoms with Gasteiger partial charge in [0.15, 0.2) is 0 Å². The highest BCUT2D eigenvalue weighted by Gasteiger charge is 2.12. The van der Waals surface area contributed by atoms with Gasteiger partial charge in [-0.25, -0.2) is 4.39 Å². The van der Waals surface area contributed by atoms with Gasteiger partial charge in [-0.2, -0.15) is 0 Å². The fraction of sp³-hybridized carbons (Fsp3) is 0.286. The number of ether oxygens (including phenoxy) is 2. The summed E-state index contributed by atoms with van der Waals surface area (Å²) in [6.45, 7) is 3.66. The van der Waals surface area contributed by atoms with Crippen molar-refractivity contribution in [1.29, 1.82) is 0 Å². The maximum Gasteiger partial charge on any atom is 0.306 e. The molecule has 0 radical (unpaired) electrons. The van der Waals surface area contributed by atoms with Crippen LogP contribution in [0.2, 0.25) is 0 Å². The first-order chi connectivity index (χ1) is 9.47. The number of rotatable bonds is 6. The molecule has 1 rings (SSSR count). The lowest BCUT2D eigenvalue weighted by Gasteiger charge is -2.12. The van der Waals surface area contributed by atoms with E-state index in [9.17, 15) is 14.0 Å². The number of amides is 1. The van der Waals surface area contributed by atoms with Crippen LogP contribution in [-0.4, -0.2) is 26.1 Å². The van der Waals surface area contributed by atoms with Crippen molar-refractivity contribution in [2.45, 2.75) is 12.8 Å². The number of carbonyl (C=O) groups is 2. The molecule has 0 spiro atoms. The molecule has 0 saturated heterocycles. The smallest absolute Gasteiger partial charge is 0.306 e. The summed E-state index contributed by atoms with van der Waals surface area (Å²) < 4.78 is 22.6. The van der Waals surface area contributed by atoms with E-state index in [0.717, 1.165) is 6.07 Å². The number of methoxy groups -OCH3 is 2. The molecule has 0 unspecified atom stereocenters. The van der Waals surface area contributed by atoms with Crippen LogP contribution in [0.25, 0.3) is 5.76 Å². The molecule has 1 amide bonds. The Morgan fingerprint density at radius 2 is 1.95 bits per heavy atom. The van der Waals surface area contributed by atoms with Gasteiger partial charge in [0.25, 0.3) is 0 Å². The molecule has 1 N–H and O–H groups in total. The minimum atomic E-state index is -0.499. The second kappa shape index (κ2) is 7.28. The topological polar surface area (TPSA) is 64.6 Å². The monoisotopic (exact) mass is 281 g/mol. The van der Waals surface area contributed by atoms with Crippen molar-refractivity contribution in [2.24, 2.45) is 0 Å². The lowest BCUT2D eigenvalue weighted by Crippen LogP contribution is -2.15. The van der Waals surface area contributed by atoms with Crippen molar-refractivity contribution in [2.75, 3.05) is 19.5 Å². The zero-order valence-corrected chi connectivity index (χ0v) is 11.4. The summed E-state index contributed by atoms with van der Waals surface area (Å²) in [5, 5.41) is 2.52. The van der Waals surface area contributed by atoms with Gasteiger partial charge in [-0.15, -0.1) is 0 Å². The van der Waals surface area contributed by atoms with Crippen molar-refractivity contribution in [3.63, 3.8) is 0 Å². The summed E-state index contributed by atoms with van der Waals surface area (Å²) in [6.07, 6.45) is -0.0969. The summed E-state index contributed by atoms with van der Waals surface area (Å²) in [5.41, 5.74) is 0.715. The number of carbonyl (C=O) groups excluding carboxylic acids is 2. The van der Waals surface area contributed by atoms with Crippen LogP contribution in [0.5, 0.6) is 0 Å². The minimum Gasteiger partial charge on any atom is -0.497 e. The summed E-state index contributed by atoms with van der Waals surface area (Å²) in [5.74, 6) is -1.11. The first kappa shape index (κ1) is 15.7. The molecule has 0 aliphatic carbocycles. The van der Waals surface area contributed by atoms with Gasteiger partial charge in [0.1, 0.15) is 11.6 Å². The molecule has 0 atom stereocenters. The molecule has 5 nitrogen and oxygen atoms in total. The molecule has 0 bridgehead atoms. The fourth-order valence-electron chi connectivity index (χ4n) is 1.50. The molecule has 20 heavy (non-hydrogen) atoms. The number of hydrogen-bond acceptors (Lipinski definition) is 4. The van der Waals surface area contributed by atoms with Crippen LogP contribution in [-0.2, 0) is 19.1 Å². The Bertz CT molecular complexity index is 528. The first-order valence-electron chi connectivity index (χ1n) is 5.87. The Hall–Kier alpha value is -2.37. The van der Waals surface area contributed by atoms with Crippen LogP contribution in [0.3, 0.4) is 0 Å². The molecule has 0 heterocycles. The summed E-state index contributed by atoms with van der Waals surface area (Å²) in [4.78, 5) is 22.6. The Kier molecular flexibility index (Phi) is 5.71. The van der Waals surface area contributed by atoms with Crippen LogP contribution >= 0.6 is 0 Å².